The summed E-state index contributed by atoms with van der Waals surface area (Å²) >= 11 is 0. The number of hydrogen-bond donors (Lipinski definition) is 1. The van der Waals surface area contributed by atoms with Gasteiger partial charge in [0, 0.05) is 0 Å². The molecule has 0 aliphatic heterocycles. The van der Waals surface area contributed by atoms with Gasteiger partial charge < -0.3 is 5.73 Å². The summed E-state index contributed by atoms with van der Waals surface area (Å²) in [6.07, 6.45) is 5.27. The number of aromatic nitrogens is 1. The van der Waals surface area contributed by atoms with Crippen molar-refractivity contribution < 1.29 is 9.18 Å². The molecule has 0 atom stereocenters. The van der Waals surface area contributed by atoms with Crippen molar-refractivity contribution in [2.24, 2.45) is 5.73 Å². The molecule has 0 spiro atoms. The van der Waals surface area contributed by atoms with Gasteiger partial charge in [0.1, 0.15) is 11.5 Å². The summed E-state index contributed by atoms with van der Waals surface area (Å²) in [5, 5.41) is 0. The number of hydrogen-bond acceptors (Lipinski definition) is 2. The van der Waals surface area contributed by atoms with E-state index >= 15 is 0 Å². The van der Waals surface area contributed by atoms with Crippen molar-refractivity contribution in [3.63, 3.8) is 0 Å². The van der Waals surface area contributed by atoms with Crippen molar-refractivity contribution in [3.05, 3.63) is 29.3 Å². The minimum absolute atomic E-state index is 0.225. The smallest absolute Gasteiger partial charge is 0.267 e. The van der Waals surface area contributed by atoms with Gasteiger partial charge in [0.25, 0.3) is 5.91 Å². The molecule has 3 nitrogen and oxygen atoms in total. The van der Waals surface area contributed by atoms with Crippen molar-refractivity contribution in [3.8, 4) is 0 Å². The highest BCUT2D eigenvalue weighted by Crippen LogP contribution is 2.35. The predicted octanol–water partition coefficient (Wildman–Crippen LogP) is 1.98. The number of halogens is 1. The molecular formula is C11H13FN2O. The number of amides is 1. The quantitative estimate of drug-likeness (QED) is 0.807. The Labute approximate surface area is 87.5 Å². The van der Waals surface area contributed by atoms with Gasteiger partial charge in [-0.3, -0.25) is 4.79 Å². The number of rotatable bonds is 2. The zero-order valence-corrected chi connectivity index (χ0v) is 8.37. The van der Waals surface area contributed by atoms with E-state index in [1.54, 1.807) is 0 Å². The Morgan fingerprint density at radius 3 is 2.73 bits per heavy atom. The highest BCUT2D eigenvalue weighted by atomic mass is 19.1. The van der Waals surface area contributed by atoms with E-state index in [1.165, 1.54) is 6.07 Å². The monoisotopic (exact) mass is 208 g/mol. The molecule has 0 aromatic carbocycles. The van der Waals surface area contributed by atoms with Gasteiger partial charge in [0.05, 0.1) is 6.20 Å². The highest BCUT2D eigenvalue weighted by Gasteiger charge is 2.23. The highest BCUT2D eigenvalue weighted by molar-refractivity contribution is 5.92. The fraction of sp³-hybridized carbons (Fsp3) is 0.455. The van der Waals surface area contributed by atoms with Crippen LogP contribution in [0.5, 0.6) is 0 Å². The molecule has 4 heteroatoms. The fourth-order valence-corrected chi connectivity index (χ4v) is 2.21. The van der Waals surface area contributed by atoms with Gasteiger partial charge in [-0.25, -0.2) is 9.37 Å². The zero-order chi connectivity index (χ0) is 10.8. The molecule has 15 heavy (non-hydrogen) atoms. The third-order valence-corrected chi connectivity index (χ3v) is 2.91. The molecule has 1 aliphatic carbocycles. The molecule has 0 bridgehead atoms. The van der Waals surface area contributed by atoms with Crippen LogP contribution >= 0.6 is 0 Å². The van der Waals surface area contributed by atoms with E-state index in [9.17, 15) is 9.18 Å². The van der Waals surface area contributed by atoms with Crippen molar-refractivity contribution >= 4 is 5.91 Å². The van der Waals surface area contributed by atoms with Gasteiger partial charge in [-0.15, -0.1) is 0 Å². The second-order valence-corrected chi connectivity index (χ2v) is 3.94. The molecule has 1 aliphatic rings. The first-order valence-electron chi connectivity index (χ1n) is 5.13. The van der Waals surface area contributed by atoms with E-state index in [2.05, 4.69) is 4.98 Å². The van der Waals surface area contributed by atoms with E-state index in [4.69, 9.17) is 5.73 Å². The molecule has 0 unspecified atom stereocenters. The Kier molecular flexibility index (Phi) is 2.66. The lowest BCUT2D eigenvalue weighted by atomic mass is 9.96. The number of primary amides is 1. The van der Waals surface area contributed by atoms with Crippen LogP contribution in [0.4, 0.5) is 4.39 Å². The first kappa shape index (κ1) is 10.1. The molecule has 0 radical (unpaired) electrons. The van der Waals surface area contributed by atoms with Crippen LogP contribution in [0.15, 0.2) is 12.3 Å². The molecule has 80 valence electrons. The molecule has 1 heterocycles. The van der Waals surface area contributed by atoms with Gasteiger partial charge in [0.2, 0.25) is 0 Å². The minimum atomic E-state index is -0.572. The largest absolute Gasteiger partial charge is 0.364 e. The van der Waals surface area contributed by atoms with E-state index in [0.717, 1.165) is 31.9 Å². The average molecular weight is 208 g/mol. The van der Waals surface area contributed by atoms with Crippen molar-refractivity contribution in [1.82, 2.24) is 4.98 Å². The second-order valence-electron chi connectivity index (χ2n) is 3.94. The topological polar surface area (TPSA) is 56.0 Å². The summed E-state index contributed by atoms with van der Waals surface area (Å²) < 4.78 is 13.0. The van der Waals surface area contributed by atoms with Crippen molar-refractivity contribution in [2.75, 3.05) is 0 Å². The molecule has 1 aromatic heterocycles. The Bertz CT molecular complexity index is 386. The van der Waals surface area contributed by atoms with Gasteiger partial charge >= 0.3 is 0 Å². The SMILES string of the molecule is NC(=O)c1ncc(F)cc1C1CCCC1. The molecule has 0 saturated heterocycles. The van der Waals surface area contributed by atoms with Crippen LogP contribution in [0.3, 0.4) is 0 Å². The maximum atomic E-state index is 13.0. The summed E-state index contributed by atoms with van der Waals surface area (Å²) in [5.74, 6) is -0.727. The number of pyridine rings is 1. The van der Waals surface area contributed by atoms with Crippen molar-refractivity contribution in [2.45, 2.75) is 31.6 Å². The van der Waals surface area contributed by atoms with E-state index in [0.29, 0.717) is 5.56 Å². The van der Waals surface area contributed by atoms with Gasteiger partial charge in [-0.2, -0.15) is 0 Å². The summed E-state index contributed by atoms with van der Waals surface area (Å²) in [5.41, 5.74) is 6.11. The number of nitrogens with zero attached hydrogens (tertiary/aromatic N) is 1. The van der Waals surface area contributed by atoms with E-state index in [1.807, 2.05) is 0 Å². The van der Waals surface area contributed by atoms with Crippen LogP contribution in [0, 0.1) is 5.82 Å². The average Bonchev–Trinajstić information content (AvgIpc) is 2.69. The maximum absolute atomic E-state index is 13.0. The van der Waals surface area contributed by atoms with Crippen LogP contribution in [-0.4, -0.2) is 10.9 Å². The first-order valence-corrected chi connectivity index (χ1v) is 5.13. The van der Waals surface area contributed by atoms with Crippen molar-refractivity contribution in [1.29, 1.82) is 0 Å². The Hall–Kier alpha value is -1.45. The summed E-state index contributed by atoms with van der Waals surface area (Å²) in [4.78, 5) is 14.9. The predicted molar refractivity (Wildman–Crippen MR) is 53.9 cm³/mol. The number of carbonyl (C=O) groups is 1. The zero-order valence-electron chi connectivity index (χ0n) is 8.37. The van der Waals surface area contributed by atoms with Crippen LogP contribution in [0.1, 0.15) is 47.7 Å². The number of nitrogens with two attached hydrogens (primary N) is 1. The van der Waals surface area contributed by atoms with E-state index in [-0.39, 0.29) is 11.6 Å². The summed E-state index contributed by atoms with van der Waals surface area (Å²) in [6, 6.07) is 1.39. The summed E-state index contributed by atoms with van der Waals surface area (Å²) in [6.45, 7) is 0. The minimum Gasteiger partial charge on any atom is -0.364 e. The second kappa shape index (κ2) is 3.96. The lowest BCUT2D eigenvalue weighted by Crippen LogP contribution is -2.17. The Morgan fingerprint density at radius 2 is 2.13 bits per heavy atom. The normalized spacial score (nSPS) is 16.9. The fourth-order valence-electron chi connectivity index (χ4n) is 2.21. The van der Waals surface area contributed by atoms with Gasteiger partial charge in [0.15, 0.2) is 0 Å². The molecule has 1 aromatic rings. The lowest BCUT2D eigenvalue weighted by molar-refractivity contribution is 0.0994. The maximum Gasteiger partial charge on any atom is 0.267 e. The molecule has 1 saturated carbocycles. The summed E-state index contributed by atoms with van der Waals surface area (Å²) in [7, 11) is 0. The lowest BCUT2D eigenvalue weighted by Gasteiger charge is -2.12. The third-order valence-electron chi connectivity index (χ3n) is 2.91. The molecule has 1 fully saturated rings. The molecule has 2 rings (SSSR count). The molecule has 1 amide bonds. The molecular weight excluding hydrogens is 195 g/mol. The van der Waals surface area contributed by atoms with E-state index < -0.39 is 11.7 Å². The number of carbonyl (C=O) groups excluding carboxylic acids is 1. The molecule has 2 N–H and O–H groups in total. The van der Waals surface area contributed by atoms with Crippen LogP contribution in [-0.2, 0) is 0 Å². The standard InChI is InChI=1S/C11H13FN2O/c12-8-5-9(7-3-1-2-4-7)10(11(13)15)14-6-8/h5-7H,1-4H2,(H2,13,15). The van der Waals surface area contributed by atoms with Gasteiger partial charge in [-0.1, -0.05) is 12.8 Å². The van der Waals surface area contributed by atoms with Crippen LogP contribution in [0.2, 0.25) is 0 Å². The van der Waals surface area contributed by atoms with Gasteiger partial charge in [-0.05, 0) is 30.4 Å². The first-order chi connectivity index (χ1) is 7.18. The van der Waals surface area contributed by atoms with Crippen LogP contribution in [0.25, 0.3) is 0 Å². The Balaban J connectivity index is 2.41. The Morgan fingerprint density at radius 1 is 1.47 bits per heavy atom. The van der Waals surface area contributed by atoms with Crippen LogP contribution < -0.4 is 5.73 Å². The third kappa shape index (κ3) is 1.98.